The number of amides is 1. The van der Waals surface area contributed by atoms with Gasteiger partial charge in [-0.3, -0.25) is 4.79 Å². The largest absolute Gasteiger partial charge is 0.348 e. The third kappa shape index (κ3) is 4.18. The molecule has 1 aromatic heterocycles. The highest BCUT2D eigenvalue weighted by atomic mass is 35.5. The minimum Gasteiger partial charge on any atom is -0.348 e. The standard InChI is InChI=1S/C17H21ClN2O/c1-3-4-5-8-12(2)19-17(21)15-11-13-9-6-7-10-14(13)16(18)20-15/h6-7,9-12H,3-5,8H2,1-2H3,(H,19,21). The molecule has 1 atom stereocenters. The van der Waals surface area contributed by atoms with Gasteiger partial charge in [0.05, 0.1) is 0 Å². The molecular formula is C17H21ClN2O. The van der Waals surface area contributed by atoms with Crippen LogP contribution in [0.4, 0.5) is 0 Å². The van der Waals surface area contributed by atoms with E-state index in [1.54, 1.807) is 6.07 Å². The van der Waals surface area contributed by atoms with Gasteiger partial charge in [-0.15, -0.1) is 0 Å². The lowest BCUT2D eigenvalue weighted by Gasteiger charge is -2.13. The number of halogens is 1. The molecule has 0 aliphatic rings. The summed E-state index contributed by atoms with van der Waals surface area (Å²) >= 11 is 6.15. The summed E-state index contributed by atoms with van der Waals surface area (Å²) in [4.78, 5) is 16.5. The Hall–Kier alpha value is -1.61. The summed E-state index contributed by atoms with van der Waals surface area (Å²) in [6.07, 6.45) is 4.49. The predicted octanol–water partition coefficient (Wildman–Crippen LogP) is 4.59. The fourth-order valence-electron chi connectivity index (χ4n) is 2.34. The third-order valence-electron chi connectivity index (χ3n) is 3.54. The van der Waals surface area contributed by atoms with Crippen LogP contribution in [-0.2, 0) is 0 Å². The van der Waals surface area contributed by atoms with Gasteiger partial charge in [0.15, 0.2) is 0 Å². The molecule has 1 unspecified atom stereocenters. The molecule has 1 heterocycles. The van der Waals surface area contributed by atoms with Crippen molar-refractivity contribution in [2.45, 2.75) is 45.6 Å². The lowest BCUT2D eigenvalue weighted by atomic mass is 10.1. The van der Waals surface area contributed by atoms with Crippen LogP contribution in [0.3, 0.4) is 0 Å². The summed E-state index contributed by atoms with van der Waals surface area (Å²) in [7, 11) is 0. The number of nitrogens with one attached hydrogen (secondary N) is 1. The lowest BCUT2D eigenvalue weighted by Crippen LogP contribution is -2.33. The van der Waals surface area contributed by atoms with Gasteiger partial charge in [0.2, 0.25) is 0 Å². The Morgan fingerprint density at radius 3 is 2.86 bits per heavy atom. The highest BCUT2D eigenvalue weighted by Gasteiger charge is 2.13. The maximum atomic E-state index is 12.3. The topological polar surface area (TPSA) is 42.0 Å². The predicted molar refractivity (Wildman–Crippen MR) is 87.8 cm³/mol. The molecule has 0 fully saturated rings. The number of rotatable bonds is 6. The first-order valence-electron chi connectivity index (χ1n) is 7.48. The second-order valence-corrected chi connectivity index (χ2v) is 5.75. The van der Waals surface area contributed by atoms with Crippen LogP contribution < -0.4 is 5.32 Å². The first kappa shape index (κ1) is 15.8. The van der Waals surface area contributed by atoms with Crippen molar-refractivity contribution in [2.24, 2.45) is 0 Å². The van der Waals surface area contributed by atoms with E-state index in [9.17, 15) is 4.79 Å². The zero-order chi connectivity index (χ0) is 15.2. The summed E-state index contributed by atoms with van der Waals surface area (Å²) in [5, 5.41) is 5.16. The first-order chi connectivity index (χ1) is 10.1. The molecule has 1 N–H and O–H groups in total. The molecule has 4 heteroatoms. The van der Waals surface area contributed by atoms with Crippen molar-refractivity contribution < 1.29 is 4.79 Å². The highest BCUT2D eigenvalue weighted by Crippen LogP contribution is 2.22. The second-order valence-electron chi connectivity index (χ2n) is 5.39. The van der Waals surface area contributed by atoms with Crippen LogP contribution in [0, 0.1) is 0 Å². The van der Waals surface area contributed by atoms with Gasteiger partial charge in [-0.1, -0.05) is 62.1 Å². The number of nitrogens with zero attached hydrogens (tertiary/aromatic N) is 1. The minimum absolute atomic E-state index is 0.149. The fraction of sp³-hybridized carbons (Fsp3) is 0.412. The summed E-state index contributed by atoms with van der Waals surface area (Å²) in [5.74, 6) is -0.161. The van der Waals surface area contributed by atoms with Crippen molar-refractivity contribution in [2.75, 3.05) is 0 Å². The first-order valence-corrected chi connectivity index (χ1v) is 7.85. The number of hydrogen-bond donors (Lipinski definition) is 1. The van der Waals surface area contributed by atoms with E-state index in [-0.39, 0.29) is 11.9 Å². The zero-order valence-electron chi connectivity index (χ0n) is 12.5. The van der Waals surface area contributed by atoms with E-state index in [1.165, 1.54) is 12.8 Å². The van der Waals surface area contributed by atoms with Crippen molar-refractivity contribution in [3.05, 3.63) is 41.2 Å². The van der Waals surface area contributed by atoms with E-state index >= 15 is 0 Å². The number of carbonyl (C=O) groups is 1. The summed E-state index contributed by atoms with van der Waals surface area (Å²) in [5.41, 5.74) is 0.376. The summed E-state index contributed by atoms with van der Waals surface area (Å²) in [6, 6.07) is 9.61. The number of unbranched alkanes of at least 4 members (excludes halogenated alkanes) is 2. The van der Waals surface area contributed by atoms with Gasteiger partial charge in [0.1, 0.15) is 10.8 Å². The van der Waals surface area contributed by atoms with Crippen LogP contribution in [-0.4, -0.2) is 16.9 Å². The summed E-state index contributed by atoms with van der Waals surface area (Å²) in [6.45, 7) is 4.19. The molecule has 2 aromatic rings. The molecule has 3 nitrogen and oxygen atoms in total. The number of fused-ring (bicyclic) bond motifs is 1. The number of aromatic nitrogens is 1. The van der Waals surface area contributed by atoms with Gasteiger partial charge in [-0.05, 0) is 24.8 Å². The molecule has 0 saturated heterocycles. The normalized spacial score (nSPS) is 12.3. The lowest BCUT2D eigenvalue weighted by molar-refractivity contribution is 0.0933. The SMILES string of the molecule is CCCCCC(C)NC(=O)c1cc2ccccc2c(Cl)n1. The van der Waals surface area contributed by atoms with Gasteiger partial charge < -0.3 is 5.32 Å². The van der Waals surface area contributed by atoms with Crippen LogP contribution in [0.5, 0.6) is 0 Å². The van der Waals surface area contributed by atoms with Gasteiger partial charge in [0.25, 0.3) is 5.91 Å². The maximum absolute atomic E-state index is 12.3. The minimum atomic E-state index is -0.161. The van der Waals surface area contributed by atoms with Crippen LogP contribution in [0.25, 0.3) is 10.8 Å². The molecule has 0 aliphatic carbocycles. The molecule has 112 valence electrons. The van der Waals surface area contributed by atoms with E-state index in [0.717, 1.165) is 23.6 Å². The average Bonchev–Trinajstić information content (AvgIpc) is 2.47. The van der Waals surface area contributed by atoms with E-state index < -0.39 is 0 Å². The Morgan fingerprint density at radius 2 is 2.10 bits per heavy atom. The van der Waals surface area contributed by atoms with Crippen molar-refractivity contribution in [1.82, 2.24) is 10.3 Å². The van der Waals surface area contributed by atoms with E-state index in [0.29, 0.717) is 10.8 Å². The molecule has 2 rings (SSSR count). The molecule has 0 spiro atoms. The number of benzene rings is 1. The number of hydrogen-bond acceptors (Lipinski definition) is 2. The molecule has 0 saturated carbocycles. The molecule has 0 aliphatic heterocycles. The smallest absolute Gasteiger partial charge is 0.270 e. The molecule has 21 heavy (non-hydrogen) atoms. The third-order valence-corrected chi connectivity index (χ3v) is 3.83. The highest BCUT2D eigenvalue weighted by molar-refractivity contribution is 6.34. The van der Waals surface area contributed by atoms with Crippen LogP contribution in [0.15, 0.2) is 30.3 Å². The van der Waals surface area contributed by atoms with Gasteiger partial charge >= 0.3 is 0 Å². The maximum Gasteiger partial charge on any atom is 0.270 e. The Bertz CT molecular complexity index is 627. The van der Waals surface area contributed by atoms with Crippen molar-refractivity contribution in [3.63, 3.8) is 0 Å². The molecule has 1 amide bonds. The molecule has 0 bridgehead atoms. The number of pyridine rings is 1. The monoisotopic (exact) mass is 304 g/mol. The van der Waals surface area contributed by atoms with Gasteiger partial charge in [-0.25, -0.2) is 4.98 Å². The summed E-state index contributed by atoms with van der Waals surface area (Å²) < 4.78 is 0. The molecule has 0 radical (unpaired) electrons. The Morgan fingerprint density at radius 1 is 1.33 bits per heavy atom. The fourth-order valence-corrected chi connectivity index (χ4v) is 2.61. The quantitative estimate of drug-likeness (QED) is 0.626. The van der Waals surface area contributed by atoms with Crippen molar-refractivity contribution >= 4 is 28.3 Å². The van der Waals surface area contributed by atoms with Crippen molar-refractivity contribution in [1.29, 1.82) is 0 Å². The van der Waals surface area contributed by atoms with Gasteiger partial charge in [0, 0.05) is 11.4 Å². The van der Waals surface area contributed by atoms with Gasteiger partial charge in [-0.2, -0.15) is 0 Å². The molecule has 1 aromatic carbocycles. The number of carbonyl (C=O) groups excluding carboxylic acids is 1. The zero-order valence-corrected chi connectivity index (χ0v) is 13.3. The molecular weight excluding hydrogens is 284 g/mol. The average molecular weight is 305 g/mol. The van der Waals surface area contributed by atoms with E-state index in [2.05, 4.69) is 17.2 Å². The van der Waals surface area contributed by atoms with Crippen molar-refractivity contribution in [3.8, 4) is 0 Å². The Labute approximate surface area is 130 Å². The Kier molecular flexibility index (Phi) is 5.57. The van der Waals surface area contributed by atoms with Crippen LogP contribution >= 0.6 is 11.6 Å². The van der Waals surface area contributed by atoms with E-state index in [1.807, 2.05) is 31.2 Å². The van der Waals surface area contributed by atoms with Crippen LogP contribution in [0.2, 0.25) is 5.15 Å². The Balaban J connectivity index is 2.09. The second kappa shape index (κ2) is 7.41. The van der Waals surface area contributed by atoms with Crippen LogP contribution in [0.1, 0.15) is 50.0 Å². The van der Waals surface area contributed by atoms with E-state index in [4.69, 9.17) is 11.6 Å².